The second kappa shape index (κ2) is 5.27. The number of phenols is 2. The lowest BCUT2D eigenvalue weighted by Crippen LogP contribution is -2.29. The Bertz CT molecular complexity index is 448. The van der Waals surface area contributed by atoms with Crippen molar-refractivity contribution in [3.63, 3.8) is 0 Å². The van der Waals surface area contributed by atoms with Gasteiger partial charge in [-0.2, -0.15) is 0 Å². The van der Waals surface area contributed by atoms with Crippen LogP contribution in [-0.4, -0.2) is 28.7 Å². The normalized spacial score (nSPS) is 22.9. The molecule has 0 aliphatic heterocycles. The Morgan fingerprint density at radius 2 is 2.17 bits per heavy atom. The maximum absolute atomic E-state index is 11.8. The van der Waals surface area contributed by atoms with E-state index < -0.39 is 0 Å². The summed E-state index contributed by atoms with van der Waals surface area (Å²) in [6.45, 7) is 0.557. The highest BCUT2D eigenvalue weighted by Gasteiger charge is 2.22. The molecule has 2 rings (SSSR count). The summed E-state index contributed by atoms with van der Waals surface area (Å²) in [7, 11) is 0. The molecule has 1 aliphatic rings. The fourth-order valence-electron chi connectivity index (χ4n) is 2.35. The average molecular weight is 250 g/mol. The second-order valence-electron chi connectivity index (χ2n) is 4.82. The van der Waals surface area contributed by atoms with Gasteiger partial charge in [0.25, 0.3) is 5.91 Å². The topological polar surface area (TPSA) is 95.6 Å². The number of nitrogens with two attached hydrogens (primary N) is 1. The number of para-hydroxylation sites is 1. The van der Waals surface area contributed by atoms with E-state index in [2.05, 4.69) is 5.32 Å². The maximum atomic E-state index is 11.8. The number of aromatic hydroxyl groups is 2. The highest BCUT2D eigenvalue weighted by molar-refractivity contribution is 5.97. The smallest absolute Gasteiger partial charge is 0.255 e. The predicted molar refractivity (Wildman–Crippen MR) is 67.4 cm³/mol. The third kappa shape index (κ3) is 2.73. The number of hydrogen-bond donors (Lipinski definition) is 4. The molecule has 2 unspecified atom stereocenters. The summed E-state index contributed by atoms with van der Waals surface area (Å²) in [5.74, 6) is -0.629. The van der Waals surface area contributed by atoms with Crippen LogP contribution in [0.25, 0.3) is 0 Å². The minimum absolute atomic E-state index is 0.0947. The van der Waals surface area contributed by atoms with E-state index in [1.54, 1.807) is 0 Å². The van der Waals surface area contributed by atoms with E-state index in [0.29, 0.717) is 12.5 Å². The highest BCUT2D eigenvalue weighted by Crippen LogP contribution is 2.28. The van der Waals surface area contributed by atoms with E-state index in [9.17, 15) is 15.0 Å². The molecule has 5 N–H and O–H groups in total. The Kier molecular flexibility index (Phi) is 3.72. The first-order chi connectivity index (χ1) is 8.58. The largest absolute Gasteiger partial charge is 0.504 e. The van der Waals surface area contributed by atoms with Crippen molar-refractivity contribution >= 4 is 5.91 Å². The predicted octanol–water partition coefficient (Wildman–Crippen LogP) is 0.955. The van der Waals surface area contributed by atoms with Crippen molar-refractivity contribution in [2.45, 2.75) is 25.3 Å². The van der Waals surface area contributed by atoms with Gasteiger partial charge in [-0.1, -0.05) is 6.07 Å². The zero-order chi connectivity index (χ0) is 13.1. The number of carbonyl (C=O) groups excluding carboxylic acids is 1. The van der Waals surface area contributed by atoms with Gasteiger partial charge >= 0.3 is 0 Å². The minimum Gasteiger partial charge on any atom is -0.504 e. The van der Waals surface area contributed by atoms with Crippen LogP contribution in [0.2, 0.25) is 0 Å². The molecule has 1 fully saturated rings. The molecule has 5 heteroatoms. The zero-order valence-electron chi connectivity index (χ0n) is 10.1. The van der Waals surface area contributed by atoms with Crippen LogP contribution < -0.4 is 11.1 Å². The molecule has 1 aromatic carbocycles. The second-order valence-corrected chi connectivity index (χ2v) is 4.82. The summed E-state index contributed by atoms with van der Waals surface area (Å²) >= 11 is 0. The minimum atomic E-state index is -0.377. The Morgan fingerprint density at radius 1 is 1.39 bits per heavy atom. The van der Waals surface area contributed by atoms with Gasteiger partial charge in [-0.25, -0.2) is 0 Å². The molecule has 1 aliphatic carbocycles. The number of hydrogen-bond acceptors (Lipinski definition) is 4. The summed E-state index contributed by atoms with van der Waals surface area (Å²) in [5.41, 5.74) is 5.90. The highest BCUT2D eigenvalue weighted by atomic mass is 16.3. The van der Waals surface area contributed by atoms with Gasteiger partial charge in [0.1, 0.15) is 0 Å². The fourth-order valence-corrected chi connectivity index (χ4v) is 2.35. The molecule has 1 aromatic rings. The van der Waals surface area contributed by atoms with Crippen LogP contribution in [0.5, 0.6) is 11.5 Å². The lowest BCUT2D eigenvalue weighted by Gasteiger charge is -2.12. The molecule has 0 bridgehead atoms. The van der Waals surface area contributed by atoms with Crippen LogP contribution in [0.3, 0.4) is 0 Å². The molecular weight excluding hydrogens is 232 g/mol. The van der Waals surface area contributed by atoms with Gasteiger partial charge < -0.3 is 21.3 Å². The molecular formula is C13H18N2O3. The van der Waals surface area contributed by atoms with Gasteiger partial charge in [-0.05, 0) is 37.3 Å². The molecule has 0 aromatic heterocycles. The van der Waals surface area contributed by atoms with E-state index in [4.69, 9.17) is 5.73 Å². The summed E-state index contributed by atoms with van der Waals surface area (Å²) < 4.78 is 0. The molecule has 98 valence electrons. The lowest BCUT2D eigenvalue weighted by atomic mass is 10.1. The quantitative estimate of drug-likeness (QED) is 0.601. The molecule has 0 saturated heterocycles. The fraction of sp³-hybridized carbons (Fsp3) is 0.462. The van der Waals surface area contributed by atoms with Crippen molar-refractivity contribution in [3.8, 4) is 11.5 Å². The van der Waals surface area contributed by atoms with Crippen molar-refractivity contribution < 1.29 is 15.0 Å². The van der Waals surface area contributed by atoms with E-state index in [1.165, 1.54) is 18.2 Å². The lowest BCUT2D eigenvalue weighted by molar-refractivity contribution is 0.0944. The van der Waals surface area contributed by atoms with E-state index in [0.717, 1.165) is 19.3 Å². The third-order valence-electron chi connectivity index (χ3n) is 3.39. The van der Waals surface area contributed by atoms with Crippen molar-refractivity contribution in [1.29, 1.82) is 0 Å². The van der Waals surface area contributed by atoms with Crippen molar-refractivity contribution in [1.82, 2.24) is 5.32 Å². The van der Waals surface area contributed by atoms with Gasteiger partial charge in [0.05, 0.1) is 5.56 Å². The van der Waals surface area contributed by atoms with E-state index in [1.807, 2.05) is 0 Å². The molecule has 0 heterocycles. The monoisotopic (exact) mass is 250 g/mol. The number of rotatable bonds is 3. The summed E-state index contributed by atoms with van der Waals surface area (Å²) in [6, 6.07) is 4.57. The van der Waals surface area contributed by atoms with Crippen LogP contribution in [0.1, 0.15) is 29.6 Å². The number of nitrogens with one attached hydrogen (secondary N) is 1. The van der Waals surface area contributed by atoms with Crippen molar-refractivity contribution in [2.24, 2.45) is 11.7 Å². The van der Waals surface area contributed by atoms with Crippen molar-refractivity contribution in [2.75, 3.05) is 6.54 Å². The first-order valence-electron chi connectivity index (χ1n) is 6.12. The summed E-state index contributed by atoms with van der Waals surface area (Å²) in [4.78, 5) is 11.8. The molecule has 1 saturated carbocycles. The van der Waals surface area contributed by atoms with Gasteiger partial charge in [-0.3, -0.25) is 4.79 Å². The summed E-state index contributed by atoms with van der Waals surface area (Å²) in [6.07, 6.45) is 2.94. The van der Waals surface area contributed by atoms with Crippen LogP contribution in [0.15, 0.2) is 18.2 Å². The third-order valence-corrected chi connectivity index (χ3v) is 3.39. The molecule has 5 nitrogen and oxygen atoms in total. The molecule has 1 amide bonds. The van der Waals surface area contributed by atoms with Crippen molar-refractivity contribution in [3.05, 3.63) is 23.8 Å². The number of amides is 1. The van der Waals surface area contributed by atoms with Gasteiger partial charge in [0.2, 0.25) is 0 Å². The number of phenolic OH excluding ortho intramolecular Hbond substituents is 2. The molecule has 0 spiro atoms. The standard InChI is InChI=1S/C13H18N2O3/c14-9-5-4-8(6-9)7-15-13(18)10-2-1-3-11(16)12(10)17/h1-3,8-9,16-17H,4-7,14H2,(H,15,18). The maximum Gasteiger partial charge on any atom is 0.255 e. The Balaban J connectivity index is 1.94. The summed E-state index contributed by atoms with van der Waals surface area (Å²) in [5, 5.41) is 21.7. The van der Waals surface area contributed by atoms with Crippen LogP contribution >= 0.6 is 0 Å². The average Bonchev–Trinajstić information content (AvgIpc) is 2.76. The van der Waals surface area contributed by atoms with Gasteiger partial charge in [0.15, 0.2) is 11.5 Å². The Hall–Kier alpha value is -1.75. The SMILES string of the molecule is NC1CCC(CNC(=O)c2cccc(O)c2O)C1. The van der Waals surface area contributed by atoms with Gasteiger partial charge in [-0.15, -0.1) is 0 Å². The number of benzene rings is 1. The van der Waals surface area contributed by atoms with Crippen LogP contribution in [0.4, 0.5) is 0 Å². The van der Waals surface area contributed by atoms with E-state index in [-0.39, 0.29) is 29.0 Å². The zero-order valence-corrected chi connectivity index (χ0v) is 10.1. The Morgan fingerprint density at radius 3 is 2.83 bits per heavy atom. The molecule has 2 atom stereocenters. The van der Waals surface area contributed by atoms with Gasteiger partial charge in [0, 0.05) is 12.6 Å². The molecule has 18 heavy (non-hydrogen) atoms. The van der Waals surface area contributed by atoms with E-state index >= 15 is 0 Å². The Labute approximate surface area is 106 Å². The molecule has 0 radical (unpaired) electrons. The van der Waals surface area contributed by atoms with Crippen LogP contribution in [0, 0.1) is 5.92 Å². The number of carbonyl (C=O) groups is 1. The first-order valence-corrected chi connectivity index (χ1v) is 6.12. The first kappa shape index (κ1) is 12.7. The van der Waals surface area contributed by atoms with Crippen LogP contribution in [-0.2, 0) is 0 Å².